The van der Waals surface area contributed by atoms with Crippen LogP contribution < -0.4 is 0 Å². The quantitative estimate of drug-likeness (QED) is 0.223. The van der Waals surface area contributed by atoms with Gasteiger partial charge in [0.25, 0.3) is 11.8 Å². The van der Waals surface area contributed by atoms with E-state index in [1.165, 1.54) is 20.2 Å². The third kappa shape index (κ3) is 8.36. The van der Waals surface area contributed by atoms with Crippen LogP contribution in [-0.4, -0.2) is 66.4 Å². The van der Waals surface area contributed by atoms with Crippen LogP contribution in [0.4, 0.5) is 0 Å². The average Bonchev–Trinajstić information content (AvgIpc) is 2.71. The van der Waals surface area contributed by atoms with Crippen molar-refractivity contribution in [2.75, 3.05) is 20.7 Å². The molecular formula is C19H28N2O7S. The molecule has 29 heavy (non-hydrogen) atoms. The molecule has 9 nitrogen and oxygen atoms in total. The summed E-state index contributed by atoms with van der Waals surface area (Å²) in [6.45, 7) is 2.02. The summed E-state index contributed by atoms with van der Waals surface area (Å²) in [6, 6.07) is 0. The summed E-state index contributed by atoms with van der Waals surface area (Å²) in [4.78, 5) is 64.5. The van der Waals surface area contributed by atoms with Gasteiger partial charge in [0.2, 0.25) is 6.41 Å². The molecule has 1 saturated carbocycles. The number of hydrogen-bond donors (Lipinski definition) is 0. The van der Waals surface area contributed by atoms with Crippen molar-refractivity contribution in [3.8, 4) is 0 Å². The number of carbonyl (C=O) groups excluding carboxylic acids is 5. The van der Waals surface area contributed by atoms with Crippen molar-refractivity contribution in [1.82, 2.24) is 9.96 Å². The third-order valence-electron chi connectivity index (χ3n) is 4.68. The monoisotopic (exact) mass is 428 g/mol. The SMILES string of the molecule is C/C=C\C(=O)N(C=O)CC1CCC(C(=O)ON(C)C(=O)CC(C=O)SOC)CC1. The maximum atomic E-state index is 12.3. The minimum absolute atomic E-state index is 0.122. The van der Waals surface area contributed by atoms with E-state index < -0.39 is 17.1 Å². The number of carbonyl (C=O) groups is 5. The maximum absolute atomic E-state index is 12.3. The summed E-state index contributed by atoms with van der Waals surface area (Å²) in [5.74, 6) is -1.59. The molecule has 1 aliphatic rings. The van der Waals surface area contributed by atoms with Crippen LogP contribution in [0, 0.1) is 11.8 Å². The lowest BCUT2D eigenvalue weighted by molar-refractivity contribution is -0.197. The zero-order valence-corrected chi connectivity index (χ0v) is 17.8. The van der Waals surface area contributed by atoms with E-state index in [1.54, 1.807) is 13.0 Å². The maximum Gasteiger partial charge on any atom is 0.335 e. The Morgan fingerprint density at radius 3 is 2.34 bits per heavy atom. The lowest BCUT2D eigenvalue weighted by atomic mass is 9.82. The van der Waals surface area contributed by atoms with Gasteiger partial charge in [0.05, 0.1) is 24.7 Å². The van der Waals surface area contributed by atoms with Gasteiger partial charge in [-0.05, 0) is 44.6 Å². The van der Waals surface area contributed by atoms with E-state index >= 15 is 0 Å². The average molecular weight is 429 g/mol. The number of hydrogen-bond acceptors (Lipinski definition) is 8. The topological polar surface area (TPSA) is 110 Å². The Labute approximate surface area is 174 Å². The second-order valence-corrected chi connectivity index (χ2v) is 7.89. The highest BCUT2D eigenvalue weighted by molar-refractivity contribution is 7.95. The first-order valence-electron chi connectivity index (χ1n) is 9.37. The molecule has 0 N–H and O–H groups in total. The number of rotatable bonds is 10. The molecular weight excluding hydrogens is 400 g/mol. The minimum atomic E-state index is -0.671. The number of amides is 3. The van der Waals surface area contributed by atoms with Gasteiger partial charge >= 0.3 is 5.97 Å². The van der Waals surface area contributed by atoms with Crippen molar-refractivity contribution in [3.05, 3.63) is 12.2 Å². The first-order valence-corrected chi connectivity index (χ1v) is 10.2. The van der Waals surface area contributed by atoms with Gasteiger partial charge < -0.3 is 13.8 Å². The van der Waals surface area contributed by atoms with Crippen LogP contribution in [0.2, 0.25) is 0 Å². The number of aldehydes is 1. The van der Waals surface area contributed by atoms with Gasteiger partial charge in [-0.15, -0.1) is 0 Å². The third-order valence-corrected chi connectivity index (χ3v) is 5.40. The summed E-state index contributed by atoms with van der Waals surface area (Å²) < 4.78 is 4.78. The molecule has 0 aliphatic heterocycles. The summed E-state index contributed by atoms with van der Waals surface area (Å²) in [6.07, 6.45) is 6.34. The molecule has 1 aliphatic carbocycles. The lowest BCUT2D eigenvalue weighted by Gasteiger charge is -2.30. The molecule has 10 heteroatoms. The number of imide groups is 1. The van der Waals surface area contributed by atoms with Crippen LogP contribution in [0.3, 0.4) is 0 Å². The standard InChI is InChI=1S/C19H28N2O7S/c1-4-5-17(24)21(13-23)11-14-6-8-15(9-7-14)19(26)28-20(2)18(25)10-16(12-22)29-27-3/h4-5,12-16H,6-11H2,1-3H3/b5-4-. The molecule has 0 aromatic rings. The molecule has 162 valence electrons. The number of nitrogens with zero attached hydrogens (tertiary/aromatic N) is 2. The Balaban J connectivity index is 2.46. The smallest absolute Gasteiger partial charge is 0.335 e. The van der Waals surface area contributed by atoms with Crippen molar-refractivity contribution >= 4 is 42.5 Å². The van der Waals surface area contributed by atoms with Crippen LogP contribution in [-0.2, 0) is 33.0 Å². The van der Waals surface area contributed by atoms with E-state index in [-0.39, 0.29) is 24.2 Å². The van der Waals surface area contributed by atoms with Crippen molar-refractivity contribution in [1.29, 1.82) is 0 Å². The molecule has 1 fully saturated rings. The van der Waals surface area contributed by atoms with Crippen LogP contribution in [0.1, 0.15) is 39.0 Å². The fourth-order valence-corrected chi connectivity index (χ4v) is 3.57. The van der Waals surface area contributed by atoms with Gasteiger partial charge in [-0.25, -0.2) is 4.79 Å². The molecule has 0 heterocycles. The molecule has 1 unspecified atom stereocenters. The summed E-state index contributed by atoms with van der Waals surface area (Å²) >= 11 is 0.868. The van der Waals surface area contributed by atoms with Crippen molar-refractivity contribution in [3.63, 3.8) is 0 Å². The number of allylic oxidation sites excluding steroid dienone is 1. The highest BCUT2D eigenvalue weighted by Crippen LogP contribution is 2.30. The van der Waals surface area contributed by atoms with Crippen molar-refractivity contribution < 1.29 is 33.0 Å². The Bertz CT molecular complexity index is 618. The van der Waals surface area contributed by atoms with Crippen LogP contribution in [0.5, 0.6) is 0 Å². The largest absolute Gasteiger partial charge is 0.338 e. The van der Waals surface area contributed by atoms with Gasteiger partial charge in [-0.2, -0.15) is 5.06 Å². The molecule has 3 amide bonds. The van der Waals surface area contributed by atoms with E-state index in [9.17, 15) is 24.0 Å². The zero-order valence-electron chi connectivity index (χ0n) is 16.9. The minimum Gasteiger partial charge on any atom is -0.338 e. The molecule has 0 spiro atoms. The van der Waals surface area contributed by atoms with Crippen LogP contribution >= 0.6 is 12.0 Å². The Morgan fingerprint density at radius 1 is 1.17 bits per heavy atom. The molecule has 0 aromatic heterocycles. The van der Waals surface area contributed by atoms with Gasteiger partial charge in [-0.1, -0.05) is 6.08 Å². The molecule has 0 aromatic carbocycles. The van der Waals surface area contributed by atoms with E-state index in [4.69, 9.17) is 9.02 Å². The second kappa shape index (κ2) is 13.1. The molecule has 1 rings (SSSR count). The molecule has 0 radical (unpaired) electrons. The first-order chi connectivity index (χ1) is 13.9. The van der Waals surface area contributed by atoms with Gasteiger partial charge in [-0.3, -0.25) is 19.3 Å². The van der Waals surface area contributed by atoms with Gasteiger partial charge in [0, 0.05) is 25.6 Å². The Kier molecular flexibility index (Phi) is 11.2. The van der Waals surface area contributed by atoms with Crippen LogP contribution in [0.15, 0.2) is 12.2 Å². The van der Waals surface area contributed by atoms with E-state index in [2.05, 4.69) is 0 Å². The van der Waals surface area contributed by atoms with Gasteiger partial charge in [0.1, 0.15) is 6.29 Å². The van der Waals surface area contributed by atoms with Gasteiger partial charge in [0.15, 0.2) is 0 Å². The fraction of sp³-hybridized carbons (Fsp3) is 0.632. The first kappa shape index (κ1) is 24.8. The predicted molar refractivity (Wildman–Crippen MR) is 106 cm³/mol. The van der Waals surface area contributed by atoms with E-state index in [0.29, 0.717) is 44.9 Å². The second-order valence-electron chi connectivity index (χ2n) is 6.76. The fourth-order valence-electron chi connectivity index (χ4n) is 3.07. The molecule has 0 bridgehead atoms. The summed E-state index contributed by atoms with van der Waals surface area (Å²) in [7, 11) is 2.73. The normalized spacial score (nSPS) is 20.0. The van der Waals surface area contributed by atoms with E-state index in [0.717, 1.165) is 22.0 Å². The molecule has 1 atom stereocenters. The van der Waals surface area contributed by atoms with Crippen molar-refractivity contribution in [2.45, 2.75) is 44.3 Å². The van der Waals surface area contributed by atoms with E-state index in [1.807, 2.05) is 0 Å². The Hall–Kier alpha value is -2.20. The number of hydroxylamine groups is 2. The zero-order chi connectivity index (χ0) is 21.8. The lowest BCUT2D eigenvalue weighted by Crippen LogP contribution is -2.37. The summed E-state index contributed by atoms with van der Waals surface area (Å²) in [5, 5.41) is 0.181. The highest BCUT2D eigenvalue weighted by atomic mass is 32.2. The van der Waals surface area contributed by atoms with Crippen molar-refractivity contribution in [2.24, 2.45) is 11.8 Å². The summed E-state index contributed by atoms with van der Waals surface area (Å²) in [5.41, 5.74) is 0. The molecule has 0 saturated heterocycles. The highest BCUT2D eigenvalue weighted by Gasteiger charge is 2.31. The van der Waals surface area contributed by atoms with Crippen LogP contribution in [0.25, 0.3) is 0 Å². The Morgan fingerprint density at radius 2 is 1.83 bits per heavy atom. The predicted octanol–water partition coefficient (Wildman–Crippen LogP) is 1.52.